The smallest absolute Gasteiger partial charge is 0.0347 e. The predicted octanol–water partition coefficient (Wildman–Crippen LogP) is 3.03. The SMILES string of the molecule is NCC1(NCCC2CC2)CCc2cc(Br)ccc2C1. The van der Waals surface area contributed by atoms with Crippen molar-refractivity contribution in [3.05, 3.63) is 33.8 Å². The molecule has 0 radical (unpaired) electrons. The molecule has 0 spiro atoms. The van der Waals surface area contributed by atoms with E-state index in [4.69, 9.17) is 5.73 Å². The highest BCUT2D eigenvalue weighted by Crippen LogP contribution is 2.33. The minimum absolute atomic E-state index is 0.135. The van der Waals surface area contributed by atoms with E-state index in [1.54, 1.807) is 0 Å². The van der Waals surface area contributed by atoms with Gasteiger partial charge in [-0.15, -0.1) is 0 Å². The summed E-state index contributed by atoms with van der Waals surface area (Å²) in [6.07, 6.45) is 7.59. The van der Waals surface area contributed by atoms with Gasteiger partial charge in [0.15, 0.2) is 0 Å². The Kier molecular flexibility index (Phi) is 3.97. The number of fused-ring (bicyclic) bond motifs is 1. The van der Waals surface area contributed by atoms with Gasteiger partial charge in [0.2, 0.25) is 0 Å². The van der Waals surface area contributed by atoms with Crippen molar-refractivity contribution in [2.75, 3.05) is 13.1 Å². The van der Waals surface area contributed by atoms with E-state index in [0.29, 0.717) is 0 Å². The van der Waals surface area contributed by atoms with Crippen LogP contribution >= 0.6 is 15.9 Å². The van der Waals surface area contributed by atoms with Gasteiger partial charge in [0.25, 0.3) is 0 Å². The van der Waals surface area contributed by atoms with Crippen molar-refractivity contribution in [2.45, 2.75) is 44.1 Å². The van der Waals surface area contributed by atoms with Crippen molar-refractivity contribution in [2.24, 2.45) is 11.7 Å². The van der Waals surface area contributed by atoms with Crippen molar-refractivity contribution in [1.82, 2.24) is 5.32 Å². The topological polar surface area (TPSA) is 38.0 Å². The van der Waals surface area contributed by atoms with E-state index in [9.17, 15) is 0 Å². The molecule has 104 valence electrons. The molecule has 0 amide bonds. The first-order valence-corrected chi connectivity index (χ1v) is 8.22. The molecule has 3 rings (SSSR count). The molecule has 1 aromatic rings. The lowest BCUT2D eigenvalue weighted by atomic mass is 9.78. The molecule has 1 atom stereocenters. The zero-order chi connectivity index (χ0) is 13.3. The fourth-order valence-corrected chi connectivity index (χ4v) is 3.58. The molecule has 2 aliphatic carbocycles. The van der Waals surface area contributed by atoms with E-state index < -0.39 is 0 Å². The molecule has 2 nitrogen and oxygen atoms in total. The molecular formula is C16H23BrN2. The molecule has 1 saturated carbocycles. The van der Waals surface area contributed by atoms with Crippen LogP contribution in [0.1, 0.15) is 36.8 Å². The van der Waals surface area contributed by atoms with Crippen LogP contribution in [0.15, 0.2) is 22.7 Å². The van der Waals surface area contributed by atoms with Gasteiger partial charge < -0.3 is 11.1 Å². The summed E-state index contributed by atoms with van der Waals surface area (Å²) in [6.45, 7) is 1.88. The molecule has 1 unspecified atom stereocenters. The van der Waals surface area contributed by atoms with Gasteiger partial charge in [-0.05, 0) is 61.4 Å². The number of nitrogens with one attached hydrogen (secondary N) is 1. The van der Waals surface area contributed by atoms with Crippen LogP contribution in [0.3, 0.4) is 0 Å². The zero-order valence-corrected chi connectivity index (χ0v) is 13.0. The van der Waals surface area contributed by atoms with Crippen LogP contribution in [0.4, 0.5) is 0 Å². The minimum atomic E-state index is 0.135. The van der Waals surface area contributed by atoms with Gasteiger partial charge in [-0.2, -0.15) is 0 Å². The standard InChI is InChI=1S/C16H23BrN2/c17-15-4-3-14-10-16(11-18,7-5-13(14)9-15)19-8-6-12-1-2-12/h3-4,9,12,19H,1-2,5-8,10-11,18H2. The number of benzene rings is 1. The minimum Gasteiger partial charge on any atom is -0.329 e. The summed E-state index contributed by atoms with van der Waals surface area (Å²) in [4.78, 5) is 0. The summed E-state index contributed by atoms with van der Waals surface area (Å²) in [7, 11) is 0. The number of hydrogen-bond acceptors (Lipinski definition) is 2. The summed E-state index contributed by atoms with van der Waals surface area (Å²) in [5.41, 5.74) is 9.18. The molecule has 3 N–H and O–H groups in total. The number of hydrogen-bond donors (Lipinski definition) is 2. The second-order valence-electron chi connectivity index (χ2n) is 6.23. The van der Waals surface area contributed by atoms with Crippen molar-refractivity contribution >= 4 is 15.9 Å². The average Bonchev–Trinajstić information content (AvgIpc) is 3.23. The van der Waals surface area contributed by atoms with Gasteiger partial charge in [-0.1, -0.05) is 34.8 Å². The van der Waals surface area contributed by atoms with Crippen LogP contribution in [0.25, 0.3) is 0 Å². The van der Waals surface area contributed by atoms with Crippen LogP contribution in [0.2, 0.25) is 0 Å². The number of nitrogens with two attached hydrogens (primary N) is 1. The van der Waals surface area contributed by atoms with E-state index >= 15 is 0 Å². The van der Waals surface area contributed by atoms with Crippen LogP contribution in [-0.2, 0) is 12.8 Å². The van der Waals surface area contributed by atoms with E-state index in [1.807, 2.05) is 0 Å². The number of halogens is 1. The molecule has 0 saturated heterocycles. The third-order valence-corrected chi connectivity index (χ3v) is 5.20. The first-order valence-electron chi connectivity index (χ1n) is 7.43. The third-order valence-electron chi connectivity index (χ3n) is 4.71. The van der Waals surface area contributed by atoms with Crippen LogP contribution < -0.4 is 11.1 Å². The molecular weight excluding hydrogens is 300 g/mol. The van der Waals surface area contributed by atoms with Gasteiger partial charge in [-0.3, -0.25) is 0 Å². The fraction of sp³-hybridized carbons (Fsp3) is 0.625. The molecule has 1 aromatic carbocycles. The van der Waals surface area contributed by atoms with Crippen LogP contribution in [0, 0.1) is 5.92 Å². The van der Waals surface area contributed by atoms with Crippen LogP contribution in [0.5, 0.6) is 0 Å². The molecule has 19 heavy (non-hydrogen) atoms. The van der Waals surface area contributed by atoms with Gasteiger partial charge in [0, 0.05) is 16.6 Å². The molecule has 2 aliphatic rings. The van der Waals surface area contributed by atoms with E-state index in [0.717, 1.165) is 38.3 Å². The Morgan fingerprint density at radius 3 is 2.89 bits per heavy atom. The quantitative estimate of drug-likeness (QED) is 0.874. The molecule has 1 fully saturated rings. The van der Waals surface area contributed by atoms with Crippen LogP contribution in [-0.4, -0.2) is 18.6 Å². The monoisotopic (exact) mass is 322 g/mol. The first kappa shape index (κ1) is 13.6. The third kappa shape index (κ3) is 3.21. The van der Waals surface area contributed by atoms with Gasteiger partial charge >= 0.3 is 0 Å². The Bertz CT molecular complexity index is 456. The lowest BCUT2D eigenvalue weighted by Crippen LogP contribution is -2.55. The van der Waals surface area contributed by atoms with E-state index in [-0.39, 0.29) is 5.54 Å². The molecule has 0 bridgehead atoms. The van der Waals surface area contributed by atoms with Crippen molar-refractivity contribution in [3.8, 4) is 0 Å². The Morgan fingerprint density at radius 2 is 2.16 bits per heavy atom. The maximum Gasteiger partial charge on any atom is 0.0347 e. The Morgan fingerprint density at radius 1 is 1.32 bits per heavy atom. The van der Waals surface area contributed by atoms with Gasteiger partial charge in [-0.25, -0.2) is 0 Å². The Labute approximate surface area is 124 Å². The number of aryl methyl sites for hydroxylation is 1. The fourth-order valence-electron chi connectivity index (χ4n) is 3.17. The van der Waals surface area contributed by atoms with E-state index in [1.165, 1.54) is 34.9 Å². The van der Waals surface area contributed by atoms with Gasteiger partial charge in [0.1, 0.15) is 0 Å². The molecule has 0 aliphatic heterocycles. The lowest BCUT2D eigenvalue weighted by molar-refractivity contribution is 0.290. The summed E-state index contributed by atoms with van der Waals surface area (Å²) < 4.78 is 1.19. The Balaban J connectivity index is 1.67. The highest BCUT2D eigenvalue weighted by molar-refractivity contribution is 9.10. The van der Waals surface area contributed by atoms with Crippen molar-refractivity contribution in [1.29, 1.82) is 0 Å². The highest BCUT2D eigenvalue weighted by Gasteiger charge is 2.33. The maximum absolute atomic E-state index is 6.09. The van der Waals surface area contributed by atoms with Crippen molar-refractivity contribution < 1.29 is 0 Å². The second kappa shape index (κ2) is 5.55. The lowest BCUT2D eigenvalue weighted by Gasteiger charge is -2.38. The second-order valence-corrected chi connectivity index (χ2v) is 7.15. The summed E-state index contributed by atoms with van der Waals surface area (Å²) in [5, 5.41) is 3.77. The molecule has 0 heterocycles. The zero-order valence-electron chi connectivity index (χ0n) is 11.4. The average molecular weight is 323 g/mol. The maximum atomic E-state index is 6.09. The Hall–Kier alpha value is -0.380. The predicted molar refractivity (Wildman–Crippen MR) is 83.3 cm³/mol. The molecule has 0 aromatic heterocycles. The van der Waals surface area contributed by atoms with Crippen molar-refractivity contribution in [3.63, 3.8) is 0 Å². The summed E-state index contributed by atoms with van der Waals surface area (Å²) >= 11 is 3.56. The summed E-state index contributed by atoms with van der Waals surface area (Å²) in [5.74, 6) is 0.995. The number of rotatable bonds is 5. The van der Waals surface area contributed by atoms with E-state index in [2.05, 4.69) is 39.4 Å². The van der Waals surface area contributed by atoms with Gasteiger partial charge in [0.05, 0.1) is 0 Å². The summed E-state index contributed by atoms with van der Waals surface area (Å²) in [6, 6.07) is 6.67. The molecule has 3 heteroatoms. The first-order chi connectivity index (χ1) is 9.21. The largest absolute Gasteiger partial charge is 0.329 e. The normalized spacial score (nSPS) is 26.2. The highest BCUT2D eigenvalue weighted by atomic mass is 79.9.